The van der Waals surface area contributed by atoms with Crippen LogP contribution in [-0.4, -0.2) is 11.1 Å². The van der Waals surface area contributed by atoms with Gasteiger partial charge >= 0.3 is 5.97 Å². The molecule has 0 saturated heterocycles. The van der Waals surface area contributed by atoms with E-state index >= 15 is 0 Å². The second-order valence-corrected chi connectivity index (χ2v) is 6.50. The Kier molecular flexibility index (Phi) is 3.41. The number of carbonyl (C=O) groups is 1. The highest BCUT2D eigenvalue weighted by Gasteiger charge is 2.39. The second-order valence-electron chi connectivity index (χ2n) is 6.50. The van der Waals surface area contributed by atoms with E-state index in [2.05, 4.69) is 17.5 Å². The molecular formula is C20H18FNO2. The van der Waals surface area contributed by atoms with Crippen molar-refractivity contribution in [3.63, 3.8) is 0 Å². The molecule has 2 unspecified atom stereocenters. The van der Waals surface area contributed by atoms with E-state index in [1.165, 1.54) is 6.07 Å². The lowest BCUT2D eigenvalue weighted by Crippen LogP contribution is -2.30. The van der Waals surface area contributed by atoms with Gasteiger partial charge in [-0.15, -0.1) is 0 Å². The average Bonchev–Trinajstić information content (AvgIpc) is 3.05. The number of carboxylic acids is 1. The van der Waals surface area contributed by atoms with Crippen molar-refractivity contribution in [1.29, 1.82) is 0 Å². The smallest absolute Gasteiger partial charge is 0.336 e. The van der Waals surface area contributed by atoms with Crippen LogP contribution >= 0.6 is 0 Å². The van der Waals surface area contributed by atoms with Gasteiger partial charge in [0.15, 0.2) is 0 Å². The highest BCUT2D eigenvalue weighted by molar-refractivity contribution is 5.92. The van der Waals surface area contributed by atoms with Gasteiger partial charge in [0.2, 0.25) is 0 Å². The number of carboxylic acid groups (broad SMARTS) is 1. The van der Waals surface area contributed by atoms with Gasteiger partial charge in [-0.2, -0.15) is 0 Å². The molecule has 122 valence electrons. The highest BCUT2D eigenvalue weighted by atomic mass is 19.1. The zero-order chi connectivity index (χ0) is 16.8. The maximum atomic E-state index is 14.4. The quantitative estimate of drug-likeness (QED) is 0.790. The fourth-order valence-electron chi connectivity index (χ4n) is 4.08. The number of fused-ring (bicyclic) bond motifs is 3. The Morgan fingerprint density at radius 2 is 2.00 bits per heavy atom. The van der Waals surface area contributed by atoms with Crippen LogP contribution in [0.2, 0.25) is 0 Å². The molecule has 0 saturated carbocycles. The van der Waals surface area contributed by atoms with Gasteiger partial charge in [-0.05, 0) is 42.5 Å². The summed E-state index contributed by atoms with van der Waals surface area (Å²) in [7, 11) is 0. The van der Waals surface area contributed by atoms with Crippen LogP contribution in [0, 0.1) is 18.7 Å². The van der Waals surface area contributed by atoms with Gasteiger partial charge in [-0.1, -0.05) is 36.4 Å². The van der Waals surface area contributed by atoms with Crippen molar-refractivity contribution in [1.82, 2.24) is 0 Å². The van der Waals surface area contributed by atoms with E-state index in [9.17, 15) is 14.3 Å². The molecule has 0 amide bonds. The van der Waals surface area contributed by atoms with E-state index in [4.69, 9.17) is 0 Å². The molecule has 4 heteroatoms. The second kappa shape index (κ2) is 5.48. The number of anilines is 1. The lowest BCUT2D eigenvalue weighted by Gasteiger charge is -2.38. The van der Waals surface area contributed by atoms with Crippen molar-refractivity contribution in [2.24, 2.45) is 5.92 Å². The zero-order valence-corrected chi connectivity index (χ0v) is 13.3. The van der Waals surface area contributed by atoms with E-state index in [1.54, 1.807) is 12.1 Å². The molecule has 4 rings (SSSR count). The summed E-state index contributed by atoms with van der Waals surface area (Å²) in [5.74, 6) is -0.739. The van der Waals surface area contributed by atoms with Crippen LogP contribution in [0.15, 0.2) is 48.6 Å². The van der Waals surface area contributed by atoms with Crippen LogP contribution < -0.4 is 5.32 Å². The monoisotopic (exact) mass is 323 g/mol. The number of hydrogen-bond acceptors (Lipinski definition) is 2. The van der Waals surface area contributed by atoms with E-state index < -0.39 is 5.97 Å². The first-order valence-electron chi connectivity index (χ1n) is 8.12. The van der Waals surface area contributed by atoms with E-state index in [0.29, 0.717) is 11.1 Å². The maximum Gasteiger partial charge on any atom is 0.336 e. The van der Waals surface area contributed by atoms with Crippen LogP contribution in [0.3, 0.4) is 0 Å². The Hall–Kier alpha value is -2.62. The van der Waals surface area contributed by atoms with E-state index in [-0.39, 0.29) is 29.3 Å². The number of rotatable bonds is 2. The molecule has 24 heavy (non-hydrogen) atoms. The summed E-state index contributed by atoms with van der Waals surface area (Å²) in [6.07, 6.45) is 5.19. The topological polar surface area (TPSA) is 49.3 Å². The van der Waals surface area contributed by atoms with Crippen LogP contribution in [0.5, 0.6) is 0 Å². The molecule has 2 aromatic carbocycles. The van der Waals surface area contributed by atoms with Gasteiger partial charge < -0.3 is 10.4 Å². The fourth-order valence-corrected chi connectivity index (χ4v) is 4.08. The van der Waals surface area contributed by atoms with Crippen LogP contribution in [-0.2, 0) is 0 Å². The van der Waals surface area contributed by atoms with Gasteiger partial charge in [-0.25, -0.2) is 9.18 Å². The van der Waals surface area contributed by atoms with Gasteiger partial charge in [-0.3, -0.25) is 0 Å². The predicted molar refractivity (Wildman–Crippen MR) is 90.9 cm³/mol. The molecule has 0 fully saturated rings. The van der Waals surface area contributed by atoms with Crippen LogP contribution in [0.25, 0.3) is 0 Å². The van der Waals surface area contributed by atoms with Crippen molar-refractivity contribution in [3.05, 3.63) is 76.6 Å². The highest BCUT2D eigenvalue weighted by Crippen LogP contribution is 2.51. The minimum absolute atomic E-state index is 0.165. The third-order valence-corrected chi connectivity index (χ3v) is 5.27. The lowest BCUT2D eigenvalue weighted by molar-refractivity contribution is 0.0696. The van der Waals surface area contributed by atoms with Gasteiger partial charge in [0.05, 0.1) is 11.6 Å². The molecule has 3 nitrogen and oxygen atoms in total. The van der Waals surface area contributed by atoms with Crippen molar-refractivity contribution in [3.8, 4) is 0 Å². The lowest BCUT2D eigenvalue weighted by atomic mass is 9.76. The Morgan fingerprint density at radius 1 is 1.21 bits per heavy atom. The summed E-state index contributed by atoms with van der Waals surface area (Å²) in [5.41, 5.74) is 3.57. The van der Waals surface area contributed by atoms with Gasteiger partial charge in [0.25, 0.3) is 0 Å². The summed E-state index contributed by atoms with van der Waals surface area (Å²) < 4.78 is 14.4. The molecule has 2 N–H and O–H groups in total. The normalized spacial score (nSPS) is 24.2. The molecule has 1 aliphatic carbocycles. The van der Waals surface area contributed by atoms with Crippen molar-refractivity contribution in [2.45, 2.75) is 25.3 Å². The summed E-state index contributed by atoms with van der Waals surface area (Å²) in [4.78, 5) is 11.4. The average molecular weight is 323 g/mol. The number of benzene rings is 2. The Morgan fingerprint density at radius 3 is 2.75 bits per heavy atom. The largest absolute Gasteiger partial charge is 0.478 e. The third-order valence-electron chi connectivity index (χ3n) is 5.27. The fraction of sp³-hybridized carbons (Fsp3) is 0.250. The SMILES string of the molecule is Cc1c(C(=O)O)ccc2c1N[C@H](c1ccccc1F)C1CC=CC21. The first-order chi connectivity index (χ1) is 11.6. The molecule has 3 atom stereocenters. The minimum Gasteiger partial charge on any atom is -0.478 e. The van der Waals surface area contributed by atoms with Crippen molar-refractivity contribution >= 4 is 11.7 Å². The van der Waals surface area contributed by atoms with Crippen LogP contribution in [0.1, 0.15) is 45.4 Å². The van der Waals surface area contributed by atoms with E-state index in [0.717, 1.165) is 17.7 Å². The zero-order valence-electron chi connectivity index (χ0n) is 13.3. The molecule has 1 heterocycles. The Labute approximate surface area is 139 Å². The molecule has 0 bridgehead atoms. The summed E-state index contributed by atoms with van der Waals surface area (Å²) in [5, 5.41) is 12.8. The Balaban J connectivity index is 1.87. The first kappa shape index (κ1) is 14.9. The third kappa shape index (κ3) is 2.13. The molecule has 1 aliphatic heterocycles. The number of nitrogens with one attached hydrogen (secondary N) is 1. The standard InChI is InChI=1S/C20H18FNO2/c1-11-12(20(23)24)9-10-15-13-6-4-7-14(13)19(22-18(11)15)16-5-2-3-8-17(16)21/h2-6,8-10,13-14,19,22H,7H2,1H3,(H,23,24)/t13?,14?,19-/m0/s1. The summed E-state index contributed by atoms with van der Waals surface area (Å²) in [6.45, 7) is 1.81. The molecule has 0 radical (unpaired) electrons. The maximum absolute atomic E-state index is 14.4. The number of halogens is 1. The molecule has 2 aliphatic rings. The molecule has 2 aromatic rings. The number of aromatic carboxylic acids is 1. The summed E-state index contributed by atoms with van der Waals surface area (Å²) >= 11 is 0. The number of hydrogen-bond donors (Lipinski definition) is 2. The minimum atomic E-state index is -0.941. The Bertz CT molecular complexity index is 859. The molecule has 0 aromatic heterocycles. The van der Waals surface area contributed by atoms with E-state index in [1.807, 2.05) is 25.1 Å². The van der Waals surface area contributed by atoms with Gasteiger partial charge in [0, 0.05) is 17.2 Å². The van der Waals surface area contributed by atoms with Crippen LogP contribution in [0.4, 0.5) is 10.1 Å². The summed E-state index contributed by atoms with van der Waals surface area (Å²) in [6, 6.07) is 10.2. The van der Waals surface area contributed by atoms with Gasteiger partial charge in [0.1, 0.15) is 5.82 Å². The first-order valence-corrected chi connectivity index (χ1v) is 8.12. The predicted octanol–water partition coefficient (Wildman–Crippen LogP) is 4.66. The van der Waals surface area contributed by atoms with Crippen molar-refractivity contribution < 1.29 is 14.3 Å². The van der Waals surface area contributed by atoms with Crippen molar-refractivity contribution in [2.75, 3.05) is 5.32 Å². The molecule has 0 spiro atoms. The number of allylic oxidation sites excluding steroid dienone is 2. The molecular weight excluding hydrogens is 305 g/mol.